The lowest BCUT2D eigenvalue weighted by molar-refractivity contribution is 0.734. The van der Waals surface area contributed by atoms with Gasteiger partial charge in [0.1, 0.15) is 0 Å². The normalized spacial score (nSPS) is 15.4. The monoisotopic (exact) mass is 896 g/mol. The van der Waals surface area contributed by atoms with Crippen molar-refractivity contribution in [3.8, 4) is 62.1 Å². The molecule has 14 rings (SSSR count). The average Bonchev–Trinajstić information content (AvgIpc) is 3.78. The number of para-hydroxylation sites is 3. The molecule has 1 unspecified atom stereocenters. The summed E-state index contributed by atoms with van der Waals surface area (Å²) in [5.41, 5.74) is 15.7. The van der Waals surface area contributed by atoms with Crippen LogP contribution in [0.1, 0.15) is 22.3 Å². The van der Waals surface area contributed by atoms with Crippen molar-refractivity contribution in [2.24, 2.45) is 0 Å². The first kappa shape index (κ1) is 39.6. The van der Waals surface area contributed by atoms with Crippen LogP contribution >= 0.6 is 7.92 Å². The lowest BCUT2D eigenvalue weighted by atomic mass is 9.62. The van der Waals surface area contributed by atoms with Crippen LogP contribution < -0.4 is 15.9 Å². The molecule has 10 aromatic carbocycles. The predicted octanol–water partition coefficient (Wildman–Crippen LogP) is 14.1. The van der Waals surface area contributed by atoms with Crippen molar-refractivity contribution in [2.45, 2.75) is 5.41 Å². The van der Waals surface area contributed by atoms with Gasteiger partial charge in [0, 0.05) is 27.5 Å². The van der Waals surface area contributed by atoms with Crippen LogP contribution in [0.15, 0.2) is 249 Å². The Morgan fingerprint density at radius 2 is 0.783 bits per heavy atom. The van der Waals surface area contributed by atoms with Crippen molar-refractivity contribution in [2.75, 3.05) is 0 Å². The Balaban J connectivity index is 1.02. The van der Waals surface area contributed by atoms with E-state index in [2.05, 4.69) is 253 Å². The zero-order valence-corrected chi connectivity index (χ0v) is 38.3. The second kappa shape index (κ2) is 15.8. The van der Waals surface area contributed by atoms with Gasteiger partial charge in [0.15, 0.2) is 17.5 Å². The molecule has 0 saturated heterocycles. The summed E-state index contributed by atoms with van der Waals surface area (Å²) in [4.78, 5) is 15.9. The SMILES string of the molecule is c1ccc(-c2ccc(-c3nc(-c4ccc(-c5ccccc5)cc4)nc(-c4ccc5c(c4)[P@@](c4ccccc4)c4ccccc4C54c5ccccc5-n5c6ccccc6c6cccc4c65)n3)cc2)cc1. The van der Waals surface area contributed by atoms with Gasteiger partial charge < -0.3 is 4.57 Å². The minimum Gasteiger partial charge on any atom is -0.309 e. The van der Waals surface area contributed by atoms with Crippen molar-refractivity contribution in [1.29, 1.82) is 0 Å². The predicted molar refractivity (Wildman–Crippen MR) is 285 cm³/mol. The number of benzene rings is 10. The van der Waals surface area contributed by atoms with Crippen LogP contribution in [-0.4, -0.2) is 19.5 Å². The van der Waals surface area contributed by atoms with Gasteiger partial charge in [-0.1, -0.05) is 231 Å². The lowest BCUT2D eigenvalue weighted by Gasteiger charge is -2.47. The van der Waals surface area contributed by atoms with Crippen molar-refractivity contribution >= 4 is 45.6 Å². The molecule has 0 fully saturated rings. The van der Waals surface area contributed by atoms with Gasteiger partial charge in [-0.15, -0.1) is 0 Å². The second-order valence-corrected chi connectivity index (χ2v) is 20.1. The Morgan fingerprint density at radius 1 is 0.319 bits per heavy atom. The van der Waals surface area contributed by atoms with E-state index in [1.54, 1.807) is 0 Å². The first-order chi connectivity index (χ1) is 34.2. The van der Waals surface area contributed by atoms with Gasteiger partial charge in [-0.3, -0.25) is 0 Å². The first-order valence-corrected chi connectivity index (χ1v) is 24.9. The number of fused-ring (bicyclic) bond motifs is 11. The zero-order chi connectivity index (χ0) is 45.5. The highest BCUT2D eigenvalue weighted by Gasteiger charge is 2.51. The molecule has 5 heteroatoms. The van der Waals surface area contributed by atoms with Crippen LogP contribution in [0.3, 0.4) is 0 Å². The number of nitrogens with zero attached hydrogens (tertiary/aromatic N) is 4. The van der Waals surface area contributed by atoms with Crippen LogP contribution in [0.5, 0.6) is 0 Å². The quantitative estimate of drug-likeness (QED) is 0.156. The molecule has 0 radical (unpaired) electrons. The van der Waals surface area contributed by atoms with Crippen LogP contribution in [0, 0.1) is 0 Å². The Morgan fingerprint density at radius 3 is 1.45 bits per heavy atom. The minimum atomic E-state index is -1.02. The largest absolute Gasteiger partial charge is 0.309 e. The van der Waals surface area contributed by atoms with Gasteiger partial charge >= 0.3 is 0 Å². The number of hydrogen-bond donors (Lipinski definition) is 0. The van der Waals surface area contributed by atoms with Gasteiger partial charge in [-0.05, 0) is 86.5 Å². The summed E-state index contributed by atoms with van der Waals surface area (Å²) < 4.78 is 2.51. The molecule has 1 spiro atoms. The fraction of sp³-hybridized carbons (Fsp3) is 0.0156. The van der Waals surface area contributed by atoms with E-state index in [0.29, 0.717) is 17.5 Å². The Hall–Kier alpha value is -8.56. The molecule has 2 atom stereocenters. The molecule has 0 bridgehead atoms. The standard InChI is InChI=1S/C64H41N4P/c1-4-17-42(18-5-1)44-31-35-46(36-32-44)61-65-62(47-37-33-45(34-38-47)43-19-6-2-7-20-43)67-63(66-61)48-39-40-54-59(41-48)69(49-21-8-3-9-22-49)58-30-15-12-26-53(58)64(54)52-25-11-14-29-57(52)68-56-28-13-10-23-50(56)51-24-16-27-55(64)60(51)68/h1-41H/t64?,69-/m0/s1. The highest BCUT2D eigenvalue weighted by Crippen LogP contribution is 2.58. The summed E-state index contributed by atoms with van der Waals surface area (Å²) in [7, 11) is -1.02. The topological polar surface area (TPSA) is 43.6 Å². The maximum atomic E-state index is 5.36. The van der Waals surface area contributed by atoms with Crippen molar-refractivity contribution in [3.05, 3.63) is 271 Å². The Bertz CT molecular complexity index is 3840. The molecule has 2 aromatic heterocycles. The third-order valence-corrected chi connectivity index (χ3v) is 16.8. The summed E-state index contributed by atoms with van der Waals surface area (Å²) in [6, 6.07) is 90.5. The van der Waals surface area contributed by atoms with E-state index in [0.717, 1.165) is 27.8 Å². The summed E-state index contributed by atoms with van der Waals surface area (Å²) in [5, 5.41) is 6.49. The second-order valence-electron chi connectivity index (χ2n) is 17.9. The first-order valence-electron chi connectivity index (χ1n) is 23.5. The van der Waals surface area contributed by atoms with Crippen molar-refractivity contribution < 1.29 is 0 Å². The van der Waals surface area contributed by atoms with Crippen LogP contribution in [0.25, 0.3) is 83.9 Å². The summed E-state index contributed by atoms with van der Waals surface area (Å²) >= 11 is 0. The summed E-state index contributed by atoms with van der Waals surface area (Å²) in [5.74, 6) is 1.90. The summed E-state index contributed by atoms with van der Waals surface area (Å²) in [6.07, 6.45) is 0. The molecule has 4 heterocycles. The molecule has 0 aliphatic carbocycles. The van der Waals surface area contributed by atoms with E-state index in [1.165, 1.54) is 76.8 Å². The lowest BCUT2D eigenvalue weighted by Crippen LogP contribution is -2.47. The fourth-order valence-electron chi connectivity index (χ4n) is 11.2. The summed E-state index contributed by atoms with van der Waals surface area (Å²) in [6.45, 7) is 0. The van der Waals surface area contributed by atoms with Crippen LogP contribution in [0.4, 0.5) is 0 Å². The minimum absolute atomic E-state index is 0.616. The molecule has 69 heavy (non-hydrogen) atoms. The number of aromatic nitrogens is 4. The molecule has 0 saturated carbocycles. The zero-order valence-electron chi connectivity index (χ0n) is 37.4. The van der Waals surface area contributed by atoms with Crippen LogP contribution in [-0.2, 0) is 5.41 Å². The molecule has 322 valence electrons. The van der Waals surface area contributed by atoms with Gasteiger partial charge in [-0.2, -0.15) is 0 Å². The molecule has 4 nitrogen and oxygen atoms in total. The average molecular weight is 897 g/mol. The Kier molecular flexibility index (Phi) is 9.05. The van der Waals surface area contributed by atoms with E-state index in [4.69, 9.17) is 15.0 Å². The van der Waals surface area contributed by atoms with E-state index in [1.807, 2.05) is 0 Å². The van der Waals surface area contributed by atoms with Crippen molar-refractivity contribution in [3.63, 3.8) is 0 Å². The molecule has 0 N–H and O–H groups in total. The Labute approximate surface area is 401 Å². The molecule has 2 aliphatic heterocycles. The van der Waals surface area contributed by atoms with Gasteiger partial charge in [0.25, 0.3) is 0 Å². The smallest absolute Gasteiger partial charge is 0.164 e. The molecule has 12 aromatic rings. The van der Waals surface area contributed by atoms with Gasteiger partial charge in [-0.25, -0.2) is 15.0 Å². The van der Waals surface area contributed by atoms with E-state index < -0.39 is 13.3 Å². The van der Waals surface area contributed by atoms with E-state index >= 15 is 0 Å². The van der Waals surface area contributed by atoms with E-state index in [-0.39, 0.29) is 0 Å². The van der Waals surface area contributed by atoms with Gasteiger partial charge in [0.2, 0.25) is 0 Å². The number of hydrogen-bond acceptors (Lipinski definition) is 3. The fourth-order valence-corrected chi connectivity index (χ4v) is 14.0. The highest BCUT2D eigenvalue weighted by atomic mass is 31.1. The molecule has 2 aliphatic rings. The highest BCUT2D eigenvalue weighted by molar-refractivity contribution is 7.80. The maximum Gasteiger partial charge on any atom is 0.164 e. The third-order valence-electron chi connectivity index (χ3n) is 14.2. The van der Waals surface area contributed by atoms with Crippen molar-refractivity contribution in [1.82, 2.24) is 19.5 Å². The maximum absolute atomic E-state index is 5.36. The third kappa shape index (κ3) is 6.09. The van der Waals surface area contributed by atoms with E-state index in [9.17, 15) is 0 Å². The van der Waals surface area contributed by atoms with Gasteiger partial charge in [0.05, 0.1) is 22.1 Å². The van der Waals surface area contributed by atoms with Crippen LogP contribution in [0.2, 0.25) is 0 Å². The molecular formula is C64H41N4P. The number of rotatable bonds is 6. The molecular weight excluding hydrogens is 856 g/mol. The molecule has 0 amide bonds.